The van der Waals surface area contributed by atoms with E-state index in [0.29, 0.717) is 12.3 Å². The number of likely N-dealkylation sites (N-methyl/N-ethyl adjacent to an activating group) is 1. The number of aliphatic imine (C=N–C) groups is 1. The first-order valence-electron chi connectivity index (χ1n) is 11.7. The van der Waals surface area contributed by atoms with E-state index in [1.165, 1.54) is 0 Å². The molecule has 1 aromatic heterocycles. The van der Waals surface area contributed by atoms with E-state index in [9.17, 15) is 23.1 Å². The monoisotopic (exact) mass is 514 g/mol. The SMILES string of the molecule is CC.CN=C(/C=C\CNC(O)c1oc2ccccc2c1C)N1CCN(C)CC1.O=CC(O)C(F)(F)F. The molecule has 2 unspecified atom stereocenters. The van der Waals surface area contributed by atoms with Crippen LogP contribution in [0, 0.1) is 6.92 Å². The zero-order valence-corrected chi connectivity index (χ0v) is 21.4. The Morgan fingerprint density at radius 3 is 2.31 bits per heavy atom. The minimum atomic E-state index is -4.80. The summed E-state index contributed by atoms with van der Waals surface area (Å²) in [6.45, 7) is 10.6. The van der Waals surface area contributed by atoms with Gasteiger partial charge in [-0.2, -0.15) is 13.2 Å². The number of piperazine rings is 1. The number of aliphatic hydroxyl groups is 2. The summed E-state index contributed by atoms with van der Waals surface area (Å²) in [7, 11) is 3.96. The number of aldehydes is 1. The van der Waals surface area contributed by atoms with Crippen molar-refractivity contribution in [2.75, 3.05) is 46.8 Å². The number of nitrogens with one attached hydrogen (secondary N) is 1. The van der Waals surface area contributed by atoms with E-state index in [0.717, 1.165) is 48.5 Å². The maximum absolute atomic E-state index is 11.0. The lowest BCUT2D eigenvalue weighted by atomic mass is 10.1. The smallest absolute Gasteiger partial charge is 0.421 e. The van der Waals surface area contributed by atoms with Crippen molar-refractivity contribution in [3.8, 4) is 0 Å². The second-order valence-electron chi connectivity index (χ2n) is 7.80. The number of halogens is 3. The molecule has 0 amide bonds. The van der Waals surface area contributed by atoms with Crippen molar-refractivity contribution in [3.63, 3.8) is 0 Å². The summed E-state index contributed by atoms with van der Waals surface area (Å²) < 4.78 is 38.7. The van der Waals surface area contributed by atoms with E-state index in [2.05, 4.69) is 27.2 Å². The number of hydrogen-bond donors (Lipinski definition) is 3. The quantitative estimate of drug-likeness (QED) is 0.235. The van der Waals surface area contributed by atoms with Gasteiger partial charge in [0.2, 0.25) is 6.10 Å². The van der Waals surface area contributed by atoms with E-state index in [1.807, 2.05) is 64.2 Å². The van der Waals surface area contributed by atoms with Crippen molar-refractivity contribution in [1.29, 1.82) is 0 Å². The van der Waals surface area contributed by atoms with Crippen molar-refractivity contribution in [3.05, 3.63) is 47.7 Å². The van der Waals surface area contributed by atoms with Crippen LogP contribution in [-0.2, 0) is 4.79 Å². The zero-order valence-electron chi connectivity index (χ0n) is 21.4. The lowest BCUT2D eigenvalue weighted by Crippen LogP contribution is -2.46. The standard InChI is InChI=1S/C20H28N4O2.C3H3F3O2.C2H6/c1-15-16-7-4-5-8-17(16)26-19(15)20(25)22-10-6-9-18(21-2)24-13-11-23(3)12-14-24;4-3(5,6)2(8)1-7;1-2/h4-9,20,22,25H,10-14H2,1-3H3;1-2,8H;1-2H3/b9-6-,21-18?;;. The molecule has 0 spiro atoms. The molecule has 3 rings (SSSR count). The van der Waals surface area contributed by atoms with Crippen molar-refractivity contribution < 1.29 is 32.6 Å². The van der Waals surface area contributed by atoms with Gasteiger partial charge in [0.15, 0.2) is 18.3 Å². The minimum absolute atomic E-state index is 0.532. The van der Waals surface area contributed by atoms with Crippen LogP contribution >= 0.6 is 0 Å². The van der Waals surface area contributed by atoms with Gasteiger partial charge in [-0.15, -0.1) is 0 Å². The molecule has 0 saturated carbocycles. The summed E-state index contributed by atoms with van der Waals surface area (Å²) in [4.78, 5) is 18.2. The highest BCUT2D eigenvalue weighted by Crippen LogP contribution is 2.28. The van der Waals surface area contributed by atoms with Crippen LogP contribution < -0.4 is 5.32 Å². The number of alkyl halides is 3. The van der Waals surface area contributed by atoms with Gasteiger partial charge in [-0.1, -0.05) is 38.1 Å². The van der Waals surface area contributed by atoms with Crippen LogP contribution in [0.25, 0.3) is 11.0 Å². The fourth-order valence-electron chi connectivity index (χ4n) is 3.32. The number of aliphatic hydroxyl groups excluding tert-OH is 2. The summed E-state index contributed by atoms with van der Waals surface area (Å²) in [6, 6.07) is 7.82. The molecule has 0 aliphatic carbocycles. The van der Waals surface area contributed by atoms with Gasteiger partial charge in [0, 0.05) is 50.7 Å². The molecule has 11 heteroatoms. The van der Waals surface area contributed by atoms with E-state index in [-0.39, 0.29) is 0 Å². The maximum Gasteiger partial charge on any atom is 0.421 e. The number of hydrogen-bond acceptors (Lipinski definition) is 7. The number of aryl methyl sites for hydroxylation is 1. The fraction of sp³-hybridized carbons (Fsp3) is 0.520. The molecule has 2 atom stereocenters. The van der Waals surface area contributed by atoms with Crippen LogP contribution in [0.2, 0.25) is 0 Å². The van der Waals surface area contributed by atoms with Crippen molar-refractivity contribution in [1.82, 2.24) is 15.1 Å². The summed E-state index contributed by atoms with van der Waals surface area (Å²) in [5.41, 5.74) is 1.77. The zero-order chi connectivity index (χ0) is 27.3. The molecule has 3 N–H and O–H groups in total. The predicted molar refractivity (Wildman–Crippen MR) is 135 cm³/mol. The molecule has 36 heavy (non-hydrogen) atoms. The predicted octanol–water partition coefficient (Wildman–Crippen LogP) is 3.29. The van der Waals surface area contributed by atoms with Crippen molar-refractivity contribution in [2.45, 2.75) is 39.3 Å². The van der Waals surface area contributed by atoms with Crippen LogP contribution in [0.3, 0.4) is 0 Å². The summed E-state index contributed by atoms with van der Waals surface area (Å²) in [5.74, 6) is 1.55. The molecule has 2 aromatic rings. The van der Waals surface area contributed by atoms with Gasteiger partial charge in [0.1, 0.15) is 11.4 Å². The Morgan fingerprint density at radius 1 is 1.19 bits per heavy atom. The molecular formula is C25H37F3N4O4. The van der Waals surface area contributed by atoms with Gasteiger partial charge in [-0.05, 0) is 26.1 Å². The van der Waals surface area contributed by atoms with E-state index >= 15 is 0 Å². The molecule has 202 valence electrons. The number of furan rings is 1. The summed E-state index contributed by atoms with van der Waals surface area (Å²) >= 11 is 0. The molecule has 1 aliphatic heterocycles. The molecule has 1 fully saturated rings. The molecule has 1 aromatic carbocycles. The number of nitrogens with zero attached hydrogens (tertiary/aromatic N) is 3. The summed E-state index contributed by atoms with van der Waals surface area (Å²) in [5, 5.41) is 22.2. The maximum atomic E-state index is 11.0. The molecule has 1 aliphatic rings. The largest absolute Gasteiger partial charge is 0.457 e. The molecule has 2 heterocycles. The van der Waals surface area contributed by atoms with Crippen LogP contribution in [-0.4, -0.2) is 91.2 Å². The second-order valence-corrected chi connectivity index (χ2v) is 7.80. The number of carbonyl (C=O) groups is 1. The third-order valence-electron chi connectivity index (χ3n) is 5.35. The van der Waals surface area contributed by atoms with Gasteiger partial charge in [-0.3, -0.25) is 10.3 Å². The van der Waals surface area contributed by atoms with Crippen LogP contribution in [0.5, 0.6) is 0 Å². The molecule has 0 bridgehead atoms. The van der Waals surface area contributed by atoms with Crippen molar-refractivity contribution in [2.24, 2.45) is 4.99 Å². The highest BCUT2D eigenvalue weighted by molar-refractivity contribution is 5.93. The number of para-hydroxylation sites is 1. The van der Waals surface area contributed by atoms with Gasteiger partial charge < -0.3 is 29.2 Å². The number of fused-ring (bicyclic) bond motifs is 1. The lowest BCUT2D eigenvalue weighted by molar-refractivity contribution is -0.197. The number of rotatable bonds is 6. The topological polar surface area (TPSA) is 102 Å². The first kappa shape index (κ1) is 31.3. The normalized spacial score (nSPS) is 16.7. The summed E-state index contributed by atoms with van der Waals surface area (Å²) in [6.07, 6.45) is -5.04. The first-order valence-corrected chi connectivity index (χ1v) is 11.7. The highest BCUT2D eigenvalue weighted by Gasteiger charge is 2.37. The van der Waals surface area contributed by atoms with Crippen LogP contribution in [0.15, 0.2) is 45.8 Å². The average molecular weight is 515 g/mol. The van der Waals surface area contributed by atoms with E-state index < -0.39 is 24.8 Å². The second kappa shape index (κ2) is 15.4. The number of carbonyl (C=O) groups excluding carboxylic acids is 1. The van der Waals surface area contributed by atoms with Crippen molar-refractivity contribution >= 4 is 23.1 Å². The number of amidine groups is 1. The molecular weight excluding hydrogens is 477 g/mol. The van der Waals surface area contributed by atoms with Gasteiger partial charge in [0.05, 0.1) is 0 Å². The number of benzene rings is 1. The Kier molecular flexibility index (Phi) is 13.4. The average Bonchev–Trinajstić information content (AvgIpc) is 3.22. The molecule has 0 radical (unpaired) electrons. The minimum Gasteiger partial charge on any atom is -0.457 e. The Hall–Kier alpha value is -2.73. The Morgan fingerprint density at radius 2 is 1.81 bits per heavy atom. The third kappa shape index (κ3) is 9.38. The van der Waals surface area contributed by atoms with Crippen LogP contribution in [0.4, 0.5) is 13.2 Å². The van der Waals surface area contributed by atoms with E-state index in [4.69, 9.17) is 9.52 Å². The van der Waals surface area contributed by atoms with Gasteiger partial charge in [-0.25, -0.2) is 0 Å². The molecule has 1 saturated heterocycles. The van der Waals surface area contributed by atoms with Gasteiger partial charge >= 0.3 is 6.18 Å². The Bertz CT molecular complexity index is 983. The van der Waals surface area contributed by atoms with E-state index in [1.54, 1.807) is 0 Å². The lowest BCUT2D eigenvalue weighted by Gasteiger charge is -2.33. The Labute approximate surface area is 210 Å². The first-order chi connectivity index (χ1) is 17.1. The van der Waals surface area contributed by atoms with Gasteiger partial charge in [0.25, 0.3) is 0 Å². The van der Waals surface area contributed by atoms with Crippen LogP contribution in [0.1, 0.15) is 31.4 Å². The third-order valence-corrected chi connectivity index (χ3v) is 5.35. The Balaban J connectivity index is 0.000000554. The highest BCUT2D eigenvalue weighted by atomic mass is 19.4. The fourth-order valence-corrected chi connectivity index (χ4v) is 3.32. The molecule has 8 nitrogen and oxygen atoms in total.